The topological polar surface area (TPSA) is 67.4 Å². The molecule has 0 bridgehead atoms. The lowest BCUT2D eigenvalue weighted by Crippen LogP contribution is -2.42. The number of fused-ring (bicyclic) bond motifs is 1. The van der Waals surface area contributed by atoms with Gasteiger partial charge in [-0.2, -0.15) is 0 Å². The quantitative estimate of drug-likeness (QED) is 0.677. The lowest BCUT2D eigenvalue weighted by Gasteiger charge is -2.27. The fourth-order valence-corrected chi connectivity index (χ4v) is 4.31. The van der Waals surface area contributed by atoms with Crippen molar-refractivity contribution in [3.63, 3.8) is 0 Å². The normalized spacial score (nSPS) is 19.2. The molecule has 2 N–H and O–H groups in total. The predicted octanol–water partition coefficient (Wildman–Crippen LogP) is 4.98. The molecule has 0 saturated heterocycles. The Morgan fingerprint density at radius 3 is 2.43 bits per heavy atom. The zero-order valence-electron chi connectivity index (χ0n) is 17.0. The number of carbonyl (C=O) groups excluding carboxylic acids is 2. The highest BCUT2D eigenvalue weighted by Crippen LogP contribution is 2.30. The second kappa shape index (κ2) is 9.52. The molecule has 1 unspecified atom stereocenters. The molecule has 0 spiro atoms. The van der Waals surface area contributed by atoms with Crippen LogP contribution in [0.3, 0.4) is 0 Å². The monoisotopic (exact) mass is 426 g/mol. The largest absolute Gasteiger partial charge is 0.492 e. The molecule has 2 aromatic carbocycles. The predicted molar refractivity (Wildman–Crippen MR) is 118 cm³/mol. The summed E-state index contributed by atoms with van der Waals surface area (Å²) in [6.45, 7) is 0.391. The number of benzene rings is 2. The first kappa shape index (κ1) is 20.7. The number of hydrogen-bond donors (Lipinski definition) is 2. The van der Waals surface area contributed by atoms with Gasteiger partial charge in [0, 0.05) is 22.3 Å². The van der Waals surface area contributed by atoms with Crippen molar-refractivity contribution in [3.8, 4) is 5.75 Å². The maximum absolute atomic E-state index is 12.8. The Morgan fingerprint density at radius 2 is 1.70 bits per heavy atom. The molecule has 2 aromatic rings. The third kappa shape index (κ3) is 5.14. The van der Waals surface area contributed by atoms with E-state index in [4.69, 9.17) is 16.3 Å². The maximum Gasteiger partial charge on any atom is 0.255 e. The van der Waals surface area contributed by atoms with E-state index in [0.717, 1.165) is 24.2 Å². The van der Waals surface area contributed by atoms with E-state index in [9.17, 15) is 9.59 Å². The summed E-state index contributed by atoms with van der Waals surface area (Å²) in [6, 6.07) is 12.6. The van der Waals surface area contributed by atoms with E-state index in [1.807, 2.05) is 18.2 Å². The molecule has 1 heterocycles. The van der Waals surface area contributed by atoms with Crippen molar-refractivity contribution >= 4 is 29.1 Å². The molecule has 0 aromatic heterocycles. The van der Waals surface area contributed by atoms with Crippen molar-refractivity contribution in [1.82, 2.24) is 5.32 Å². The first-order valence-electron chi connectivity index (χ1n) is 10.7. The molecule has 5 nitrogen and oxygen atoms in total. The van der Waals surface area contributed by atoms with Crippen LogP contribution in [0.15, 0.2) is 42.5 Å². The van der Waals surface area contributed by atoms with Crippen LogP contribution in [0.25, 0.3) is 0 Å². The molecule has 1 atom stereocenters. The lowest BCUT2D eigenvalue weighted by atomic mass is 9.95. The van der Waals surface area contributed by atoms with Crippen LogP contribution in [0.2, 0.25) is 5.02 Å². The van der Waals surface area contributed by atoms with E-state index in [0.29, 0.717) is 29.3 Å². The van der Waals surface area contributed by atoms with Gasteiger partial charge >= 0.3 is 0 Å². The smallest absolute Gasteiger partial charge is 0.255 e. The van der Waals surface area contributed by atoms with E-state index < -0.39 is 0 Å². The van der Waals surface area contributed by atoms with E-state index >= 15 is 0 Å². The summed E-state index contributed by atoms with van der Waals surface area (Å²) >= 11 is 5.89. The number of hydrogen-bond acceptors (Lipinski definition) is 3. The highest BCUT2D eigenvalue weighted by molar-refractivity contribution is 6.30. The first-order chi connectivity index (χ1) is 14.6. The van der Waals surface area contributed by atoms with Crippen molar-refractivity contribution in [3.05, 3.63) is 58.6 Å². The number of anilines is 1. The Morgan fingerprint density at radius 1 is 0.967 bits per heavy atom. The molecule has 158 valence electrons. The van der Waals surface area contributed by atoms with Gasteiger partial charge in [-0.15, -0.1) is 0 Å². The van der Waals surface area contributed by atoms with Crippen LogP contribution in [-0.4, -0.2) is 24.5 Å². The Balaban J connectivity index is 1.39. The number of ether oxygens (including phenoxy) is 1. The van der Waals surface area contributed by atoms with Crippen LogP contribution in [0.1, 0.15) is 54.4 Å². The third-order valence-electron chi connectivity index (χ3n) is 5.90. The minimum absolute atomic E-state index is 0.0724. The van der Waals surface area contributed by atoms with Crippen molar-refractivity contribution in [2.75, 3.05) is 11.9 Å². The van der Waals surface area contributed by atoms with Gasteiger partial charge in [-0.25, -0.2) is 0 Å². The summed E-state index contributed by atoms with van der Waals surface area (Å²) in [5, 5.41) is 6.73. The minimum atomic E-state index is -0.206. The van der Waals surface area contributed by atoms with E-state index in [-0.39, 0.29) is 23.8 Å². The second-order valence-electron chi connectivity index (χ2n) is 8.19. The van der Waals surface area contributed by atoms with Gasteiger partial charge in [-0.1, -0.05) is 37.3 Å². The number of rotatable bonds is 4. The van der Waals surface area contributed by atoms with Gasteiger partial charge in [0.1, 0.15) is 12.4 Å². The number of halogens is 1. The Kier molecular flexibility index (Phi) is 6.58. The molecule has 1 aliphatic heterocycles. The lowest BCUT2D eigenvalue weighted by molar-refractivity contribution is -0.127. The highest BCUT2D eigenvalue weighted by Gasteiger charge is 2.28. The summed E-state index contributed by atoms with van der Waals surface area (Å²) in [4.78, 5) is 25.3. The van der Waals surface area contributed by atoms with Crippen molar-refractivity contribution in [1.29, 1.82) is 0 Å². The van der Waals surface area contributed by atoms with Crippen LogP contribution in [0, 0.1) is 5.92 Å². The van der Waals surface area contributed by atoms with Gasteiger partial charge < -0.3 is 15.4 Å². The Labute approximate surface area is 182 Å². The SMILES string of the molecule is O=C(Nc1ccc2c(c1)CC(C(=O)NC1CCCCCC1)CO2)c1ccc(Cl)cc1. The summed E-state index contributed by atoms with van der Waals surface area (Å²) in [7, 11) is 0. The van der Waals surface area contributed by atoms with Gasteiger partial charge in [0.05, 0.1) is 5.92 Å². The van der Waals surface area contributed by atoms with Gasteiger partial charge in [-0.3, -0.25) is 9.59 Å². The van der Waals surface area contributed by atoms with Crippen LogP contribution < -0.4 is 15.4 Å². The number of carbonyl (C=O) groups is 2. The van der Waals surface area contributed by atoms with E-state index in [1.165, 1.54) is 25.7 Å². The molecule has 1 aliphatic carbocycles. The molecule has 30 heavy (non-hydrogen) atoms. The van der Waals surface area contributed by atoms with E-state index in [1.54, 1.807) is 24.3 Å². The Bertz CT molecular complexity index is 905. The van der Waals surface area contributed by atoms with E-state index in [2.05, 4.69) is 10.6 Å². The number of nitrogens with one attached hydrogen (secondary N) is 2. The fourth-order valence-electron chi connectivity index (χ4n) is 4.19. The summed E-state index contributed by atoms with van der Waals surface area (Å²) in [6.07, 6.45) is 7.64. The molecule has 6 heteroatoms. The molecular formula is C24H27ClN2O3. The molecule has 2 aliphatic rings. The Hall–Kier alpha value is -2.53. The fraction of sp³-hybridized carbons (Fsp3) is 0.417. The average Bonchev–Trinajstić information content (AvgIpc) is 3.02. The van der Waals surface area contributed by atoms with Gasteiger partial charge in [-0.05, 0) is 67.3 Å². The molecule has 1 fully saturated rings. The molecule has 0 radical (unpaired) electrons. The zero-order valence-corrected chi connectivity index (χ0v) is 17.7. The molecule has 1 saturated carbocycles. The van der Waals surface area contributed by atoms with Crippen molar-refractivity contribution in [2.45, 2.75) is 51.0 Å². The number of amides is 2. The standard InChI is InChI=1S/C24H27ClN2O3/c25-19-9-7-16(8-10-19)23(28)27-21-11-12-22-17(14-21)13-18(15-30-22)24(29)26-20-5-3-1-2-4-6-20/h7-12,14,18,20H,1-6,13,15H2,(H,26,29)(H,27,28). The van der Waals surface area contributed by atoms with Crippen LogP contribution >= 0.6 is 11.6 Å². The summed E-state index contributed by atoms with van der Waals surface area (Å²) < 4.78 is 5.84. The highest BCUT2D eigenvalue weighted by atomic mass is 35.5. The zero-order chi connectivity index (χ0) is 20.9. The second-order valence-corrected chi connectivity index (χ2v) is 8.63. The molecule has 4 rings (SSSR count). The van der Waals surface area contributed by atoms with Gasteiger partial charge in [0.25, 0.3) is 5.91 Å². The van der Waals surface area contributed by atoms with Crippen LogP contribution in [0.4, 0.5) is 5.69 Å². The molecular weight excluding hydrogens is 400 g/mol. The average molecular weight is 427 g/mol. The molecule has 2 amide bonds. The summed E-state index contributed by atoms with van der Waals surface area (Å²) in [5.74, 6) is 0.440. The van der Waals surface area contributed by atoms with Gasteiger partial charge in [0.15, 0.2) is 0 Å². The van der Waals surface area contributed by atoms with Crippen molar-refractivity contribution < 1.29 is 14.3 Å². The van der Waals surface area contributed by atoms with Crippen LogP contribution in [-0.2, 0) is 11.2 Å². The first-order valence-corrected chi connectivity index (χ1v) is 11.1. The van der Waals surface area contributed by atoms with Gasteiger partial charge in [0.2, 0.25) is 5.91 Å². The van der Waals surface area contributed by atoms with Crippen molar-refractivity contribution in [2.24, 2.45) is 5.92 Å². The minimum Gasteiger partial charge on any atom is -0.492 e. The third-order valence-corrected chi connectivity index (χ3v) is 6.16. The van der Waals surface area contributed by atoms with Crippen LogP contribution in [0.5, 0.6) is 5.75 Å². The summed E-state index contributed by atoms with van der Waals surface area (Å²) in [5.41, 5.74) is 2.16. The maximum atomic E-state index is 12.8.